The van der Waals surface area contributed by atoms with Gasteiger partial charge < -0.3 is 26.0 Å². The number of fused-ring (bicyclic) bond motifs is 7. The molecule has 2 amide bonds. The van der Waals surface area contributed by atoms with Gasteiger partial charge in [-0.3, -0.25) is 14.4 Å². The van der Waals surface area contributed by atoms with E-state index in [1.165, 1.54) is 12.2 Å². The number of ketones is 1. The second kappa shape index (κ2) is 10.4. The Bertz CT molecular complexity index is 1030. The molecule has 5 rings (SSSR count). The first-order valence-electron chi connectivity index (χ1n) is 14.0. The van der Waals surface area contributed by atoms with Crippen LogP contribution in [0, 0.1) is 47.3 Å². The summed E-state index contributed by atoms with van der Waals surface area (Å²) in [6.45, 7) is 4.78. The fraction of sp³-hybridized carbons (Fsp3) is 0.690. The third-order valence-corrected chi connectivity index (χ3v) is 10.1. The molecule has 2 aliphatic heterocycles. The predicted octanol–water partition coefficient (Wildman–Crippen LogP) is 2.18. The highest BCUT2D eigenvalue weighted by molar-refractivity contribution is 6.27. The Balaban J connectivity index is 1.49. The van der Waals surface area contributed by atoms with Crippen molar-refractivity contribution in [3.63, 3.8) is 0 Å². The number of allylic oxidation sites excluding steroid dienone is 3. The second-order valence-electron chi connectivity index (χ2n) is 11.9. The standard InChI is InChI=1S/C29H40N2O6/c1-3-16-14(2)12-18-19-13-15-9-10-21(32)25-26(34)20(31-29(25)37)7-5-11-30-22(33)8-4-6-17(15)24(19)28(36)27(35)23(16)18/h4,8-10,14-20,23-24,27-28,32,35-36H,3,5-7,11-13H2,1-2H3,(H,30,33)(H,31,37)/b8-4-,10-9+,25-21?/t14-,15-,16-,17+,18-,19-,20-,23+,24-,27+,28+/m1/s1. The summed E-state index contributed by atoms with van der Waals surface area (Å²) in [6.07, 6.45) is 9.33. The quantitative estimate of drug-likeness (QED) is 0.342. The number of aliphatic hydroxyl groups is 3. The van der Waals surface area contributed by atoms with Gasteiger partial charge in [-0.15, -0.1) is 0 Å². The third-order valence-electron chi connectivity index (χ3n) is 10.1. The molecule has 0 unspecified atom stereocenters. The Morgan fingerprint density at radius 3 is 2.49 bits per heavy atom. The van der Waals surface area contributed by atoms with Gasteiger partial charge in [-0.25, -0.2) is 0 Å². The molecular formula is C29H40N2O6. The van der Waals surface area contributed by atoms with Crippen molar-refractivity contribution in [1.29, 1.82) is 0 Å². The summed E-state index contributed by atoms with van der Waals surface area (Å²) in [5.74, 6) is -0.251. The maximum Gasteiger partial charge on any atom is 0.259 e. The zero-order chi connectivity index (χ0) is 26.4. The number of nitrogens with one attached hydrogen (secondary N) is 2. The van der Waals surface area contributed by atoms with Gasteiger partial charge in [0.1, 0.15) is 11.3 Å². The third kappa shape index (κ3) is 4.56. The summed E-state index contributed by atoms with van der Waals surface area (Å²) in [5.41, 5.74) is -0.213. The number of rotatable bonds is 1. The van der Waals surface area contributed by atoms with Crippen molar-refractivity contribution in [2.45, 2.75) is 70.6 Å². The zero-order valence-corrected chi connectivity index (χ0v) is 21.7. The van der Waals surface area contributed by atoms with Crippen LogP contribution >= 0.6 is 0 Å². The van der Waals surface area contributed by atoms with Crippen LogP contribution in [0.5, 0.6) is 0 Å². The number of carbonyl (C=O) groups excluding carboxylic acids is 3. The van der Waals surface area contributed by atoms with Crippen molar-refractivity contribution < 1.29 is 29.7 Å². The smallest absolute Gasteiger partial charge is 0.259 e. The average molecular weight is 513 g/mol. The Morgan fingerprint density at radius 2 is 1.73 bits per heavy atom. The van der Waals surface area contributed by atoms with E-state index in [2.05, 4.69) is 24.5 Å². The number of amides is 2. The van der Waals surface area contributed by atoms with Gasteiger partial charge in [0.25, 0.3) is 5.91 Å². The normalized spacial score (nSPS) is 46.1. The van der Waals surface area contributed by atoms with Crippen molar-refractivity contribution in [1.82, 2.24) is 10.6 Å². The summed E-state index contributed by atoms with van der Waals surface area (Å²) in [7, 11) is 0. The molecule has 3 aliphatic carbocycles. The molecule has 0 aromatic rings. The predicted molar refractivity (Wildman–Crippen MR) is 137 cm³/mol. The minimum absolute atomic E-state index is 0.0367. The first-order valence-corrected chi connectivity index (χ1v) is 14.0. The van der Waals surface area contributed by atoms with Crippen molar-refractivity contribution in [2.75, 3.05) is 6.54 Å². The van der Waals surface area contributed by atoms with Crippen LogP contribution < -0.4 is 10.6 Å². The van der Waals surface area contributed by atoms with Crippen LogP contribution in [0.4, 0.5) is 0 Å². The van der Waals surface area contributed by atoms with Crippen molar-refractivity contribution in [3.8, 4) is 0 Å². The van der Waals surface area contributed by atoms with E-state index in [4.69, 9.17) is 0 Å². The van der Waals surface area contributed by atoms with E-state index >= 15 is 0 Å². The van der Waals surface area contributed by atoms with Crippen LogP contribution in [-0.2, 0) is 14.4 Å². The summed E-state index contributed by atoms with van der Waals surface area (Å²) < 4.78 is 0. The van der Waals surface area contributed by atoms with E-state index in [9.17, 15) is 29.7 Å². The van der Waals surface area contributed by atoms with Crippen LogP contribution in [0.15, 0.2) is 35.6 Å². The maximum absolute atomic E-state index is 12.8. The van der Waals surface area contributed by atoms with Crippen LogP contribution in [0.25, 0.3) is 0 Å². The lowest BCUT2D eigenvalue weighted by molar-refractivity contribution is -0.129. The molecule has 2 bridgehead atoms. The number of hydrogen-bond acceptors (Lipinski definition) is 6. The molecule has 4 fully saturated rings. The van der Waals surface area contributed by atoms with Gasteiger partial charge in [0.15, 0.2) is 5.78 Å². The Labute approximate surface area is 218 Å². The van der Waals surface area contributed by atoms with Crippen LogP contribution in [0.1, 0.15) is 52.4 Å². The van der Waals surface area contributed by atoms with E-state index in [1.807, 2.05) is 12.2 Å². The molecule has 37 heavy (non-hydrogen) atoms. The maximum atomic E-state index is 12.8. The lowest BCUT2D eigenvalue weighted by Crippen LogP contribution is -2.52. The molecule has 1 saturated heterocycles. The molecule has 2 heterocycles. The van der Waals surface area contributed by atoms with E-state index < -0.39 is 29.9 Å². The SMILES string of the molecule is CC[C@H]1[C@@H]2[C@H](O)[C@@H](O)[C@H]3[C@H](C[C@H]4/C=C/C(O)=C5C(=O)N[C@H](CCCNC(=O)/C=C\C[C@H]34)C5=O)[C@H]2C[C@H]1C. The molecule has 5 aliphatic rings. The van der Waals surface area contributed by atoms with Gasteiger partial charge in [-0.2, -0.15) is 0 Å². The fourth-order valence-corrected chi connectivity index (χ4v) is 8.56. The van der Waals surface area contributed by atoms with E-state index in [0.29, 0.717) is 43.6 Å². The van der Waals surface area contributed by atoms with Gasteiger partial charge in [0.2, 0.25) is 5.91 Å². The molecule has 0 spiro atoms. The Morgan fingerprint density at radius 1 is 1.00 bits per heavy atom. The Hall–Kier alpha value is -2.45. The highest BCUT2D eigenvalue weighted by Crippen LogP contribution is 2.61. The van der Waals surface area contributed by atoms with Gasteiger partial charge in [-0.05, 0) is 91.6 Å². The monoisotopic (exact) mass is 512 g/mol. The number of carbonyl (C=O) groups is 3. The highest BCUT2D eigenvalue weighted by atomic mass is 16.3. The first-order chi connectivity index (χ1) is 17.7. The molecule has 8 heteroatoms. The first kappa shape index (κ1) is 26.2. The zero-order valence-electron chi connectivity index (χ0n) is 21.7. The summed E-state index contributed by atoms with van der Waals surface area (Å²) in [5, 5.41) is 38.9. The molecule has 5 N–H and O–H groups in total. The Kier molecular flexibility index (Phi) is 7.33. The lowest BCUT2D eigenvalue weighted by Gasteiger charge is -2.46. The molecule has 8 nitrogen and oxygen atoms in total. The van der Waals surface area contributed by atoms with Crippen LogP contribution in [0.3, 0.4) is 0 Å². The highest BCUT2D eigenvalue weighted by Gasteiger charge is 2.60. The molecule has 0 aromatic heterocycles. The minimum atomic E-state index is -0.850. The van der Waals surface area contributed by atoms with Crippen molar-refractivity contribution in [2.24, 2.45) is 47.3 Å². The largest absolute Gasteiger partial charge is 0.507 e. The number of hydrogen-bond donors (Lipinski definition) is 5. The van der Waals surface area contributed by atoms with Gasteiger partial charge in [-0.1, -0.05) is 32.4 Å². The molecule has 11 atom stereocenters. The minimum Gasteiger partial charge on any atom is -0.507 e. The van der Waals surface area contributed by atoms with Crippen LogP contribution in [-0.4, -0.2) is 57.7 Å². The fourth-order valence-electron chi connectivity index (χ4n) is 8.56. The van der Waals surface area contributed by atoms with Crippen molar-refractivity contribution in [3.05, 3.63) is 35.6 Å². The topological polar surface area (TPSA) is 136 Å². The van der Waals surface area contributed by atoms with Crippen LogP contribution in [0.2, 0.25) is 0 Å². The summed E-state index contributed by atoms with van der Waals surface area (Å²) >= 11 is 0. The average Bonchev–Trinajstić information content (AvgIpc) is 3.48. The molecular weight excluding hydrogens is 472 g/mol. The summed E-state index contributed by atoms with van der Waals surface area (Å²) in [4.78, 5) is 37.7. The van der Waals surface area contributed by atoms with Gasteiger partial charge in [0, 0.05) is 6.54 Å². The molecule has 0 aromatic carbocycles. The molecule has 202 valence electrons. The van der Waals surface area contributed by atoms with Gasteiger partial charge in [0.05, 0.1) is 18.2 Å². The number of aliphatic hydroxyl groups excluding tert-OH is 3. The molecule has 0 radical (unpaired) electrons. The second-order valence-corrected chi connectivity index (χ2v) is 11.9. The van der Waals surface area contributed by atoms with Gasteiger partial charge >= 0.3 is 0 Å². The van der Waals surface area contributed by atoms with E-state index in [0.717, 1.165) is 19.3 Å². The van der Waals surface area contributed by atoms with E-state index in [-0.39, 0.29) is 46.8 Å². The summed E-state index contributed by atoms with van der Waals surface area (Å²) in [6, 6.07) is -0.704. The number of Topliss-reactive ketones (excluding diaryl/α,β-unsaturated/α-hetero) is 1. The molecule has 3 saturated carbocycles. The lowest BCUT2D eigenvalue weighted by atomic mass is 9.62. The van der Waals surface area contributed by atoms with Crippen molar-refractivity contribution >= 4 is 17.6 Å². The van der Waals surface area contributed by atoms with E-state index in [1.54, 1.807) is 0 Å².